The molecule has 0 spiro atoms. The number of benzene rings is 2. The Morgan fingerprint density at radius 2 is 1.30 bits per heavy atom. The van der Waals surface area contributed by atoms with E-state index < -0.39 is 15.9 Å². The molecule has 27 heavy (non-hydrogen) atoms. The minimum absolute atomic E-state index is 0.182. The lowest BCUT2D eigenvalue weighted by atomic mass is 10.1. The zero-order valence-corrected chi connectivity index (χ0v) is 17.6. The van der Waals surface area contributed by atoms with Gasteiger partial charge in [-0.2, -0.15) is 0 Å². The molecular formula is C21H28O5S. The highest BCUT2D eigenvalue weighted by Gasteiger charge is 2.22. The van der Waals surface area contributed by atoms with Gasteiger partial charge in [-0.25, -0.2) is 8.42 Å². The smallest absolute Gasteiger partial charge is 0.206 e. The molecule has 148 valence electrons. The molecule has 0 aliphatic rings. The van der Waals surface area contributed by atoms with Gasteiger partial charge in [0.2, 0.25) is 9.84 Å². The topological polar surface area (TPSA) is 72.8 Å². The van der Waals surface area contributed by atoms with Crippen LogP contribution in [0.15, 0.2) is 34.1 Å². The number of aliphatic hydroxyl groups excluding tert-OH is 1. The van der Waals surface area contributed by atoms with Crippen LogP contribution in [0.5, 0.6) is 11.5 Å². The van der Waals surface area contributed by atoms with Crippen LogP contribution in [0.25, 0.3) is 0 Å². The first-order valence-corrected chi connectivity index (χ1v) is 10.4. The maximum absolute atomic E-state index is 13.1. The van der Waals surface area contributed by atoms with Crippen LogP contribution in [-0.4, -0.2) is 33.3 Å². The van der Waals surface area contributed by atoms with E-state index in [1.54, 1.807) is 31.4 Å². The summed E-state index contributed by atoms with van der Waals surface area (Å²) in [5.41, 5.74) is 2.99. The Morgan fingerprint density at radius 1 is 0.889 bits per heavy atom. The molecule has 1 unspecified atom stereocenters. The minimum Gasteiger partial charge on any atom is -0.496 e. The Labute approximate surface area is 161 Å². The summed E-state index contributed by atoms with van der Waals surface area (Å²) >= 11 is 0. The first-order chi connectivity index (χ1) is 12.6. The zero-order valence-electron chi connectivity index (χ0n) is 16.8. The molecule has 1 N–H and O–H groups in total. The number of aliphatic hydroxyl groups is 1. The van der Waals surface area contributed by atoms with Crippen molar-refractivity contribution in [2.24, 2.45) is 0 Å². The Balaban J connectivity index is 2.45. The monoisotopic (exact) mass is 392 g/mol. The van der Waals surface area contributed by atoms with Crippen LogP contribution in [0.2, 0.25) is 0 Å². The van der Waals surface area contributed by atoms with Gasteiger partial charge in [-0.15, -0.1) is 0 Å². The Bertz CT molecular complexity index is 886. The number of hydrogen-bond donors (Lipinski definition) is 1. The summed E-state index contributed by atoms with van der Waals surface area (Å²) in [6.07, 6.45) is 0.0539. The van der Waals surface area contributed by atoms with Gasteiger partial charge in [-0.3, -0.25) is 0 Å². The summed E-state index contributed by atoms with van der Waals surface area (Å²) in [5.74, 6) is 1.31. The molecule has 0 heterocycles. The molecule has 2 rings (SSSR count). The van der Waals surface area contributed by atoms with Crippen LogP contribution in [-0.2, 0) is 9.84 Å². The van der Waals surface area contributed by atoms with Crippen LogP contribution in [0, 0.1) is 27.7 Å². The molecule has 0 aliphatic carbocycles. The molecule has 0 aromatic heterocycles. The van der Waals surface area contributed by atoms with Crippen molar-refractivity contribution in [1.82, 2.24) is 0 Å². The van der Waals surface area contributed by atoms with Crippen molar-refractivity contribution in [2.45, 2.75) is 56.9 Å². The van der Waals surface area contributed by atoms with Gasteiger partial charge in [0.15, 0.2) is 0 Å². The van der Waals surface area contributed by atoms with E-state index >= 15 is 0 Å². The van der Waals surface area contributed by atoms with E-state index in [2.05, 4.69) is 0 Å². The molecule has 6 heteroatoms. The summed E-state index contributed by atoms with van der Waals surface area (Å²) in [6.45, 7) is 9.34. The van der Waals surface area contributed by atoms with Gasteiger partial charge < -0.3 is 14.6 Å². The molecule has 5 nitrogen and oxygen atoms in total. The molecule has 0 bridgehead atoms. The molecule has 0 fully saturated rings. The highest BCUT2D eigenvalue weighted by molar-refractivity contribution is 7.91. The Hall–Kier alpha value is -2.05. The van der Waals surface area contributed by atoms with Crippen molar-refractivity contribution in [3.8, 4) is 11.5 Å². The number of aryl methyl sites for hydroxylation is 4. The van der Waals surface area contributed by atoms with Gasteiger partial charge in [0.05, 0.1) is 23.0 Å². The standard InChI is InChI=1S/C21H28O5S/c1-7-17(22)12-26-21-15(4)10-19(11-16(21)5)27(23,24)18-8-13(2)20(25-6)14(3)9-18/h8-11,17,22H,7,12H2,1-6H3. The summed E-state index contributed by atoms with van der Waals surface area (Å²) in [4.78, 5) is 0.469. The number of methoxy groups -OCH3 is 1. The Kier molecular flexibility index (Phi) is 6.54. The minimum atomic E-state index is -3.67. The van der Waals surface area contributed by atoms with Crippen LogP contribution >= 0.6 is 0 Å². The molecule has 2 aromatic carbocycles. The predicted octanol–water partition coefficient (Wildman–Crippen LogP) is 3.91. The molecule has 0 amide bonds. The van der Waals surface area contributed by atoms with Gasteiger partial charge in [-0.1, -0.05) is 6.92 Å². The van der Waals surface area contributed by atoms with Crippen molar-refractivity contribution in [3.05, 3.63) is 46.5 Å². The van der Waals surface area contributed by atoms with Gasteiger partial charge in [-0.05, 0) is 80.6 Å². The van der Waals surface area contributed by atoms with Crippen molar-refractivity contribution < 1.29 is 23.0 Å². The number of ether oxygens (including phenoxy) is 2. The third-order valence-corrected chi connectivity index (χ3v) is 6.30. The third kappa shape index (κ3) is 4.45. The summed E-state index contributed by atoms with van der Waals surface area (Å²) in [6, 6.07) is 6.50. The molecule has 2 aromatic rings. The largest absolute Gasteiger partial charge is 0.496 e. The first kappa shape index (κ1) is 21.3. The molecule has 0 saturated carbocycles. The number of sulfone groups is 1. The van der Waals surface area contributed by atoms with E-state index in [1.165, 1.54) is 0 Å². The second-order valence-corrected chi connectivity index (χ2v) is 8.80. The van der Waals surface area contributed by atoms with E-state index in [4.69, 9.17) is 9.47 Å². The molecule has 0 aliphatic heterocycles. The second-order valence-electron chi connectivity index (χ2n) is 6.85. The van der Waals surface area contributed by atoms with Crippen molar-refractivity contribution in [1.29, 1.82) is 0 Å². The number of hydrogen-bond acceptors (Lipinski definition) is 5. The zero-order chi connectivity index (χ0) is 20.4. The molecular weight excluding hydrogens is 364 g/mol. The fourth-order valence-electron chi connectivity index (χ4n) is 3.11. The Morgan fingerprint density at radius 3 is 1.67 bits per heavy atom. The predicted molar refractivity (Wildman–Crippen MR) is 106 cm³/mol. The SMILES string of the molecule is CCC(O)COc1c(C)cc(S(=O)(=O)c2cc(C)c(OC)c(C)c2)cc1C. The average molecular weight is 393 g/mol. The maximum atomic E-state index is 13.1. The summed E-state index contributed by atoms with van der Waals surface area (Å²) in [7, 11) is -2.09. The summed E-state index contributed by atoms with van der Waals surface area (Å²) < 4.78 is 37.3. The number of rotatable bonds is 7. The highest BCUT2D eigenvalue weighted by Crippen LogP contribution is 2.33. The van der Waals surface area contributed by atoms with Crippen LogP contribution < -0.4 is 9.47 Å². The van der Waals surface area contributed by atoms with E-state index in [1.807, 2.05) is 34.6 Å². The molecule has 0 saturated heterocycles. The van der Waals surface area contributed by atoms with Crippen molar-refractivity contribution in [3.63, 3.8) is 0 Å². The van der Waals surface area contributed by atoms with Gasteiger partial charge in [0, 0.05) is 0 Å². The van der Waals surface area contributed by atoms with E-state index in [0.29, 0.717) is 17.9 Å². The summed E-state index contributed by atoms with van der Waals surface area (Å²) in [5, 5.41) is 9.70. The lowest BCUT2D eigenvalue weighted by Crippen LogP contribution is -2.17. The van der Waals surface area contributed by atoms with Crippen molar-refractivity contribution >= 4 is 9.84 Å². The first-order valence-electron chi connectivity index (χ1n) is 8.94. The quantitative estimate of drug-likeness (QED) is 0.773. The van der Waals surface area contributed by atoms with E-state index in [9.17, 15) is 13.5 Å². The van der Waals surface area contributed by atoms with Crippen LogP contribution in [0.1, 0.15) is 35.6 Å². The van der Waals surface area contributed by atoms with Crippen molar-refractivity contribution in [2.75, 3.05) is 13.7 Å². The molecule has 1 atom stereocenters. The van der Waals surface area contributed by atoms with Crippen LogP contribution in [0.3, 0.4) is 0 Å². The van der Waals surface area contributed by atoms with Gasteiger partial charge in [0.1, 0.15) is 18.1 Å². The van der Waals surface area contributed by atoms with E-state index in [0.717, 1.165) is 22.3 Å². The average Bonchev–Trinajstić information content (AvgIpc) is 2.60. The third-order valence-electron chi connectivity index (χ3n) is 4.58. The normalized spacial score (nSPS) is 12.7. The second kappa shape index (κ2) is 8.31. The van der Waals surface area contributed by atoms with Crippen LogP contribution in [0.4, 0.5) is 0 Å². The lowest BCUT2D eigenvalue weighted by Gasteiger charge is -2.17. The van der Waals surface area contributed by atoms with Gasteiger partial charge in [0.25, 0.3) is 0 Å². The maximum Gasteiger partial charge on any atom is 0.206 e. The fraction of sp³-hybridized carbons (Fsp3) is 0.429. The van der Waals surface area contributed by atoms with E-state index in [-0.39, 0.29) is 16.4 Å². The highest BCUT2D eigenvalue weighted by atomic mass is 32.2. The van der Waals surface area contributed by atoms with Gasteiger partial charge >= 0.3 is 0 Å². The lowest BCUT2D eigenvalue weighted by molar-refractivity contribution is 0.103. The molecule has 0 radical (unpaired) electrons. The fourth-order valence-corrected chi connectivity index (χ4v) is 4.71.